The summed E-state index contributed by atoms with van der Waals surface area (Å²) < 4.78 is 24.8. The van der Waals surface area contributed by atoms with Gasteiger partial charge < -0.3 is 20.3 Å². The molecule has 0 aliphatic carbocycles. The number of amides is 1. The first-order valence-corrected chi connectivity index (χ1v) is 8.58. The minimum absolute atomic E-state index is 0.0463. The molecule has 2 atom stereocenters. The Morgan fingerprint density at radius 3 is 3.08 bits per heavy atom. The number of benzene rings is 1. The van der Waals surface area contributed by atoms with Crippen LogP contribution in [0, 0.1) is 11.8 Å². The lowest BCUT2D eigenvalue weighted by molar-refractivity contribution is 0.0274. The second-order valence-corrected chi connectivity index (χ2v) is 7.07. The smallest absolute Gasteiger partial charge is 0.277 e. The number of nitrogens with zero attached hydrogens (tertiary/aromatic N) is 1. The summed E-state index contributed by atoms with van der Waals surface area (Å²) in [5.74, 6) is 5.34. The summed E-state index contributed by atoms with van der Waals surface area (Å²) in [6.45, 7) is 1.44. The van der Waals surface area contributed by atoms with Crippen LogP contribution in [-0.2, 0) is 4.74 Å². The second kappa shape index (κ2) is 7.03. The standard InChI is InChI=1S/C18H17FN2O4S/c1-18(23,9-24-2)6-5-10-3-4-13-11(7-10)14-15(12(19)8-25-13)26-17(21-14)16(20)22/h3-4,7,12,23H,8-9H2,1-2H3,(H2,20,22)/t12-,18?/m1/s1. The molecule has 2 aromatic rings. The van der Waals surface area contributed by atoms with Gasteiger partial charge in [0.25, 0.3) is 5.91 Å². The summed E-state index contributed by atoms with van der Waals surface area (Å²) in [5.41, 5.74) is 5.42. The van der Waals surface area contributed by atoms with Crippen molar-refractivity contribution in [3.8, 4) is 28.8 Å². The third-order valence-corrected chi connectivity index (χ3v) is 4.82. The summed E-state index contributed by atoms with van der Waals surface area (Å²) in [7, 11) is 1.48. The van der Waals surface area contributed by atoms with E-state index in [-0.39, 0.29) is 18.2 Å². The predicted octanol–water partition coefficient (Wildman–Crippen LogP) is 2.06. The number of ether oxygens (including phenoxy) is 2. The number of rotatable bonds is 3. The number of nitrogens with two attached hydrogens (primary N) is 1. The number of fused-ring (bicyclic) bond motifs is 3. The number of carbonyl (C=O) groups excluding carboxylic acids is 1. The molecule has 1 aliphatic rings. The van der Waals surface area contributed by atoms with Crippen molar-refractivity contribution < 1.29 is 23.8 Å². The Kier molecular flexibility index (Phi) is 4.96. The fraction of sp³-hybridized carbons (Fsp3) is 0.333. The summed E-state index contributed by atoms with van der Waals surface area (Å²) in [4.78, 5) is 15.9. The molecule has 2 heterocycles. The zero-order chi connectivity index (χ0) is 18.9. The van der Waals surface area contributed by atoms with Gasteiger partial charge in [0, 0.05) is 18.2 Å². The lowest BCUT2D eigenvalue weighted by Crippen LogP contribution is -2.27. The second-order valence-electron chi connectivity index (χ2n) is 6.04. The third kappa shape index (κ3) is 3.70. The number of halogens is 1. The van der Waals surface area contributed by atoms with Gasteiger partial charge in [-0.3, -0.25) is 4.79 Å². The van der Waals surface area contributed by atoms with Gasteiger partial charge in [0.1, 0.15) is 18.0 Å². The molecule has 0 saturated heterocycles. The number of primary amides is 1. The van der Waals surface area contributed by atoms with Gasteiger partial charge in [0.05, 0.1) is 17.2 Å². The SMILES string of the molecule is COCC(C)(O)C#Cc1ccc2c(c1)-c1nc(C(N)=O)sc1[C@H](F)CO2. The topological polar surface area (TPSA) is 94.7 Å². The highest BCUT2D eigenvalue weighted by atomic mass is 32.1. The van der Waals surface area contributed by atoms with Crippen LogP contribution < -0.4 is 10.5 Å². The number of hydrogen-bond acceptors (Lipinski definition) is 6. The van der Waals surface area contributed by atoms with Crippen LogP contribution in [0.25, 0.3) is 11.3 Å². The van der Waals surface area contributed by atoms with Gasteiger partial charge in [-0.2, -0.15) is 0 Å². The van der Waals surface area contributed by atoms with Crippen LogP contribution in [0.2, 0.25) is 0 Å². The largest absolute Gasteiger partial charge is 0.489 e. The van der Waals surface area contributed by atoms with Gasteiger partial charge in [0.2, 0.25) is 0 Å². The van der Waals surface area contributed by atoms with E-state index in [1.165, 1.54) is 7.11 Å². The van der Waals surface area contributed by atoms with Crippen LogP contribution in [0.1, 0.15) is 33.3 Å². The van der Waals surface area contributed by atoms with E-state index in [1.54, 1.807) is 25.1 Å². The van der Waals surface area contributed by atoms with Crippen molar-refractivity contribution >= 4 is 17.2 Å². The Morgan fingerprint density at radius 2 is 2.38 bits per heavy atom. The Hall–Kier alpha value is -2.47. The van der Waals surface area contributed by atoms with Crippen molar-refractivity contribution in [3.63, 3.8) is 0 Å². The first-order chi connectivity index (χ1) is 12.3. The molecule has 1 amide bonds. The zero-order valence-electron chi connectivity index (χ0n) is 14.2. The minimum Gasteiger partial charge on any atom is -0.489 e. The molecular formula is C18H17FN2O4S. The molecular weight excluding hydrogens is 359 g/mol. The maximum Gasteiger partial charge on any atom is 0.277 e. The minimum atomic E-state index is -1.40. The van der Waals surface area contributed by atoms with Crippen LogP contribution in [0.3, 0.4) is 0 Å². The molecule has 3 rings (SSSR count). The van der Waals surface area contributed by atoms with E-state index in [0.29, 0.717) is 27.4 Å². The highest BCUT2D eigenvalue weighted by Gasteiger charge is 2.28. The van der Waals surface area contributed by atoms with Crippen LogP contribution in [0.5, 0.6) is 5.75 Å². The Balaban J connectivity index is 2.06. The maximum absolute atomic E-state index is 14.4. The molecule has 1 aromatic carbocycles. The third-order valence-electron chi connectivity index (χ3n) is 3.67. The van der Waals surface area contributed by atoms with Crippen molar-refractivity contribution in [2.24, 2.45) is 5.73 Å². The normalized spacial score (nSPS) is 17.6. The number of aromatic nitrogens is 1. The number of methoxy groups -OCH3 is 1. The Bertz CT molecular complexity index is 914. The average Bonchev–Trinajstić information content (AvgIpc) is 2.99. The van der Waals surface area contributed by atoms with Gasteiger partial charge in [-0.25, -0.2) is 9.37 Å². The zero-order valence-corrected chi connectivity index (χ0v) is 15.0. The van der Waals surface area contributed by atoms with Gasteiger partial charge in [-0.1, -0.05) is 11.8 Å². The molecule has 1 unspecified atom stereocenters. The van der Waals surface area contributed by atoms with Crippen molar-refractivity contribution in [3.05, 3.63) is 33.6 Å². The average molecular weight is 376 g/mol. The molecule has 0 saturated carbocycles. The first-order valence-electron chi connectivity index (χ1n) is 7.77. The maximum atomic E-state index is 14.4. The molecule has 26 heavy (non-hydrogen) atoms. The fourth-order valence-corrected chi connectivity index (χ4v) is 3.42. The lowest BCUT2D eigenvalue weighted by Gasteiger charge is -2.14. The molecule has 0 bridgehead atoms. The van der Waals surface area contributed by atoms with E-state index >= 15 is 0 Å². The molecule has 6 nitrogen and oxygen atoms in total. The molecule has 136 valence electrons. The molecule has 0 fully saturated rings. The van der Waals surface area contributed by atoms with Gasteiger partial charge in [-0.05, 0) is 25.1 Å². The van der Waals surface area contributed by atoms with Crippen molar-refractivity contribution in [2.45, 2.75) is 18.7 Å². The summed E-state index contributed by atoms with van der Waals surface area (Å²) in [6.07, 6.45) is -1.40. The monoisotopic (exact) mass is 376 g/mol. The summed E-state index contributed by atoms with van der Waals surface area (Å²) in [5, 5.41) is 10.1. The van der Waals surface area contributed by atoms with Crippen LogP contribution in [0.4, 0.5) is 4.39 Å². The number of thiazole rings is 1. The lowest BCUT2D eigenvalue weighted by atomic mass is 10.0. The van der Waals surface area contributed by atoms with Crippen LogP contribution in [-0.4, -0.2) is 41.9 Å². The van der Waals surface area contributed by atoms with Crippen LogP contribution >= 0.6 is 11.3 Å². The first kappa shape index (κ1) is 18.3. The molecule has 0 spiro atoms. The van der Waals surface area contributed by atoms with E-state index < -0.39 is 17.7 Å². The summed E-state index contributed by atoms with van der Waals surface area (Å²) in [6, 6.07) is 5.05. The molecule has 0 radical (unpaired) electrons. The van der Waals surface area contributed by atoms with E-state index in [1.807, 2.05) is 0 Å². The predicted molar refractivity (Wildman–Crippen MR) is 94.8 cm³/mol. The quantitative estimate of drug-likeness (QED) is 0.800. The van der Waals surface area contributed by atoms with Crippen molar-refractivity contribution in [2.75, 3.05) is 20.3 Å². The fourth-order valence-electron chi connectivity index (χ4n) is 2.52. The Morgan fingerprint density at radius 1 is 1.62 bits per heavy atom. The highest BCUT2D eigenvalue weighted by Crippen LogP contribution is 2.42. The highest BCUT2D eigenvalue weighted by molar-refractivity contribution is 7.14. The molecule has 8 heteroatoms. The number of alkyl halides is 1. The van der Waals surface area contributed by atoms with Gasteiger partial charge >= 0.3 is 0 Å². The summed E-state index contributed by atoms with van der Waals surface area (Å²) >= 11 is 0.925. The van der Waals surface area contributed by atoms with Crippen molar-refractivity contribution in [1.29, 1.82) is 0 Å². The Labute approximate surface area is 153 Å². The van der Waals surface area contributed by atoms with E-state index in [2.05, 4.69) is 16.8 Å². The van der Waals surface area contributed by atoms with Crippen LogP contribution in [0.15, 0.2) is 18.2 Å². The van der Waals surface area contributed by atoms with Gasteiger partial charge in [-0.15, -0.1) is 11.3 Å². The molecule has 1 aliphatic heterocycles. The number of carbonyl (C=O) groups is 1. The molecule has 1 aromatic heterocycles. The molecule has 3 N–H and O–H groups in total. The number of aliphatic hydroxyl groups is 1. The van der Waals surface area contributed by atoms with E-state index in [4.69, 9.17) is 15.2 Å². The van der Waals surface area contributed by atoms with Gasteiger partial charge in [0.15, 0.2) is 11.2 Å². The van der Waals surface area contributed by atoms with Crippen molar-refractivity contribution in [1.82, 2.24) is 4.98 Å². The van der Waals surface area contributed by atoms with E-state index in [0.717, 1.165) is 11.3 Å². The number of hydrogen-bond donors (Lipinski definition) is 2. The van der Waals surface area contributed by atoms with E-state index in [9.17, 15) is 14.3 Å².